The van der Waals surface area contributed by atoms with Gasteiger partial charge in [0.2, 0.25) is 5.91 Å². The van der Waals surface area contributed by atoms with E-state index in [1.165, 1.54) is 0 Å². The third-order valence-corrected chi connectivity index (χ3v) is 2.37. The van der Waals surface area contributed by atoms with E-state index in [4.69, 9.17) is 5.73 Å². The Morgan fingerprint density at radius 1 is 1.44 bits per heavy atom. The van der Waals surface area contributed by atoms with Gasteiger partial charge in [-0.3, -0.25) is 4.79 Å². The Labute approximate surface area is 97.2 Å². The molecule has 0 saturated carbocycles. The van der Waals surface area contributed by atoms with Crippen LogP contribution in [-0.2, 0) is 11.2 Å². The average Bonchev–Trinajstić information content (AvgIpc) is 2.16. The predicted octanol–water partition coefficient (Wildman–Crippen LogP) is 1.93. The lowest BCUT2D eigenvalue weighted by Crippen LogP contribution is -2.31. The first-order chi connectivity index (χ1) is 7.49. The molecule has 0 spiro atoms. The Balaban J connectivity index is 2.57. The molecule has 0 aliphatic carbocycles. The van der Waals surface area contributed by atoms with Crippen molar-refractivity contribution in [1.29, 1.82) is 0 Å². The van der Waals surface area contributed by atoms with Gasteiger partial charge in [-0.2, -0.15) is 0 Å². The van der Waals surface area contributed by atoms with Crippen LogP contribution in [0.25, 0.3) is 0 Å². The number of amides is 1. The molecule has 16 heavy (non-hydrogen) atoms. The van der Waals surface area contributed by atoms with Crippen LogP contribution >= 0.6 is 0 Å². The summed E-state index contributed by atoms with van der Waals surface area (Å²) < 4.78 is 0. The summed E-state index contributed by atoms with van der Waals surface area (Å²) in [6.45, 7) is 5.00. The van der Waals surface area contributed by atoms with Crippen LogP contribution in [-0.4, -0.2) is 24.4 Å². The second-order valence-corrected chi connectivity index (χ2v) is 4.59. The van der Waals surface area contributed by atoms with Gasteiger partial charge in [0, 0.05) is 19.3 Å². The van der Waals surface area contributed by atoms with Crippen molar-refractivity contribution in [2.75, 3.05) is 19.3 Å². The van der Waals surface area contributed by atoms with Crippen LogP contribution in [0.2, 0.25) is 0 Å². The molecule has 3 nitrogen and oxygen atoms in total. The number of likely N-dealkylation sites (N-methyl/N-ethyl adjacent to an activating group) is 1. The Kier molecular flexibility index (Phi) is 4.35. The summed E-state index contributed by atoms with van der Waals surface area (Å²) in [5.74, 6) is 0.633. The number of nitrogens with two attached hydrogens (primary N) is 1. The smallest absolute Gasteiger partial charge is 0.226 e. The minimum atomic E-state index is 0.138. The molecule has 1 rings (SSSR count). The summed E-state index contributed by atoms with van der Waals surface area (Å²) in [4.78, 5) is 13.6. The highest BCUT2D eigenvalue weighted by molar-refractivity contribution is 5.78. The molecule has 0 saturated heterocycles. The Bertz CT molecular complexity index is 361. The molecule has 0 radical (unpaired) electrons. The normalized spacial score (nSPS) is 10.5. The van der Waals surface area contributed by atoms with E-state index >= 15 is 0 Å². The van der Waals surface area contributed by atoms with Crippen molar-refractivity contribution >= 4 is 11.6 Å². The first kappa shape index (κ1) is 12.6. The first-order valence-corrected chi connectivity index (χ1v) is 5.57. The predicted molar refractivity (Wildman–Crippen MR) is 67.0 cm³/mol. The number of anilines is 1. The molecule has 0 atom stereocenters. The zero-order valence-corrected chi connectivity index (χ0v) is 10.2. The van der Waals surface area contributed by atoms with Gasteiger partial charge in [-0.25, -0.2) is 0 Å². The molecule has 3 heteroatoms. The maximum Gasteiger partial charge on any atom is 0.226 e. The molecule has 0 aliphatic heterocycles. The Hall–Kier alpha value is -1.51. The topological polar surface area (TPSA) is 46.3 Å². The van der Waals surface area contributed by atoms with Gasteiger partial charge in [-0.15, -0.1) is 0 Å². The fourth-order valence-corrected chi connectivity index (χ4v) is 1.66. The highest BCUT2D eigenvalue weighted by Gasteiger charge is 2.10. The number of hydrogen-bond donors (Lipinski definition) is 1. The molecule has 0 unspecified atom stereocenters. The van der Waals surface area contributed by atoms with Gasteiger partial charge in [0.05, 0.1) is 6.42 Å². The number of nitrogens with zero attached hydrogens (tertiary/aromatic N) is 1. The quantitative estimate of drug-likeness (QED) is 0.788. The summed E-state index contributed by atoms with van der Waals surface area (Å²) in [5.41, 5.74) is 7.34. The number of carbonyl (C=O) groups is 1. The highest BCUT2D eigenvalue weighted by Crippen LogP contribution is 2.08. The van der Waals surface area contributed by atoms with Crippen LogP contribution in [0.4, 0.5) is 5.69 Å². The fourth-order valence-electron chi connectivity index (χ4n) is 1.66. The lowest BCUT2D eigenvalue weighted by Gasteiger charge is -2.19. The average molecular weight is 220 g/mol. The van der Waals surface area contributed by atoms with Crippen LogP contribution in [0.3, 0.4) is 0 Å². The van der Waals surface area contributed by atoms with Crippen LogP contribution in [0, 0.1) is 5.92 Å². The van der Waals surface area contributed by atoms with E-state index in [0.717, 1.165) is 12.1 Å². The zero-order valence-electron chi connectivity index (χ0n) is 10.2. The molecule has 0 aliphatic rings. The molecule has 1 aromatic carbocycles. The van der Waals surface area contributed by atoms with Crippen LogP contribution in [0.15, 0.2) is 24.3 Å². The molecular formula is C13H20N2O. The lowest BCUT2D eigenvalue weighted by molar-refractivity contribution is -0.129. The molecule has 1 amide bonds. The van der Waals surface area contributed by atoms with Crippen molar-refractivity contribution in [2.45, 2.75) is 20.3 Å². The summed E-state index contributed by atoms with van der Waals surface area (Å²) in [5, 5.41) is 0. The van der Waals surface area contributed by atoms with E-state index < -0.39 is 0 Å². The van der Waals surface area contributed by atoms with Crippen molar-refractivity contribution in [2.24, 2.45) is 5.92 Å². The second kappa shape index (κ2) is 5.54. The second-order valence-electron chi connectivity index (χ2n) is 4.59. The van der Waals surface area contributed by atoms with Gasteiger partial charge in [0.15, 0.2) is 0 Å². The van der Waals surface area contributed by atoms with Crippen molar-refractivity contribution in [3.63, 3.8) is 0 Å². The molecule has 0 bridgehead atoms. The fraction of sp³-hybridized carbons (Fsp3) is 0.462. The Morgan fingerprint density at radius 2 is 2.12 bits per heavy atom. The molecule has 88 valence electrons. The molecule has 1 aromatic rings. The monoisotopic (exact) mass is 220 g/mol. The molecule has 0 heterocycles. The Morgan fingerprint density at radius 3 is 2.69 bits per heavy atom. The van der Waals surface area contributed by atoms with E-state index in [1.807, 2.05) is 31.3 Å². The van der Waals surface area contributed by atoms with E-state index in [0.29, 0.717) is 18.0 Å². The van der Waals surface area contributed by atoms with Crippen LogP contribution in [0.5, 0.6) is 0 Å². The van der Waals surface area contributed by atoms with Crippen molar-refractivity contribution in [3.05, 3.63) is 29.8 Å². The molecule has 2 N–H and O–H groups in total. The van der Waals surface area contributed by atoms with Crippen LogP contribution in [0.1, 0.15) is 19.4 Å². The van der Waals surface area contributed by atoms with Crippen molar-refractivity contribution in [3.8, 4) is 0 Å². The van der Waals surface area contributed by atoms with Crippen molar-refractivity contribution < 1.29 is 4.79 Å². The maximum absolute atomic E-state index is 11.8. The summed E-state index contributed by atoms with van der Waals surface area (Å²) in [7, 11) is 1.84. The van der Waals surface area contributed by atoms with Gasteiger partial charge >= 0.3 is 0 Å². The number of hydrogen-bond acceptors (Lipinski definition) is 2. The van der Waals surface area contributed by atoms with Crippen molar-refractivity contribution in [1.82, 2.24) is 4.90 Å². The standard InChI is InChI=1S/C13H20N2O/c1-10(2)9-15(3)13(16)8-11-5-4-6-12(14)7-11/h4-7,10H,8-9,14H2,1-3H3. The lowest BCUT2D eigenvalue weighted by atomic mass is 10.1. The zero-order chi connectivity index (χ0) is 12.1. The number of nitrogen functional groups attached to an aromatic ring is 1. The van der Waals surface area contributed by atoms with E-state index in [9.17, 15) is 4.79 Å². The minimum absolute atomic E-state index is 0.138. The largest absolute Gasteiger partial charge is 0.399 e. The van der Waals surface area contributed by atoms with E-state index in [1.54, 1.807) is 4.90 Å². The maximum atomic E-state index is 11.8. The molecule has 0 aromatic heterocycles. The number of rotatable bonds is 4. The minimum Gasteiger partial charge on any atom is -0.399 e. The summed E-state index contributed by atoms with van der Waals surface area (Å²) in [6, 6.07) is 7.48. The summed E-state index contributed by atoms with van der Waals surface area (Å²) >= 11 is 0. The highest BCUT2D eigenvalue weighted by atomic mass is 16.2. The van der Waals surface area contributed by atoms with Gasteiger partial charge < -0.3 is 10.6 Å². The first-order valence-electron chi connectivity index (χ1n) is 5.57. The number of carbonyl (C=O) groups excluding carboxylic acids is 1. The van der Waals surface area contributed by atoms with Gasteiger partial charge in [0.25, 0.3) is 0 Å². The molecule has 0 fully saturated rings. The molecular weight excluding hydrogens is 200 g/mol. The SMILES string of the molecule is CC(C)CN(C)C(=O)Cc1cccc(N)c1. The van der Waals surface area contributed by atoms with E-state index in [-0.39, 0.29) is 5.91 Å². The summed E-state index contributed by atoms with van der Waals surface area (Å²) in [6.07, 6.45) is 0.425. The van der Waals surface area contributed by atoms with Gasteiger partial charge in [-0.05, 0) is 23.6 Å². The van der Waals surface area contributed by atoms with E-state index in [2.05, 4.69) is 13.8 Å². The third kappa shape index (κ3) is 3.93. The number of benzene rings is 1. The van der Waals surface area contributed by atoms with Crippen LogP contribution < -0.4 is 5.73 Å². The van der Waals surface area contributed by atoms with Gasteiger partial charge in [0.1, 0.15) is 0 Å². The van der Waals surface area contributed by atoms with Gasteiger partial charge in [-0.1, -0.05) is 26.0 Å². The third-order valence-electron chi connectivity index (χ3n) is 2.37.